The van der Waals surface area contributed by atoms with Crippen molar-refractivity contribution in [2.45, 2.75) is 33.1 Å². The van der Waals surface area contributed by atoms with Crippen molar-refractivity contribution in [3.63, 3.8) is 0 Å². The van der Waals surface area contributed by atoms with E-state index in [2.05, 4.69) is 35.4 Å². The maximum atomic E-state index is 11.3. The molecule has 0 spiro atoms. The highest BCUT2D eigenvalue weighted by Crippen LogP contribution is 2.39. The van der Waals surface area contributed by atoms with Crippen LogP contribution >= 0.6 is 11.3 Å². The molecule has 0 fully saturated rings. The van der Waals surface area contributed by atoms with Gasteiger partial charge in [0.05, 0.1) is 15.2 Å². The summed E-state index contributed by atoms with van der Waals surface area (Å²) >= 11 is 1.77. The zero-order valence-electron chi connectivity index (χ0n) is 11.8. The Morgan fingerprint density at radius 2 is 2.30 bits per heavy atom. The molecule has 0 unspecified atom stereocenters. The average Bonchev–Trinajstić information content (AvgIpc) is 3.00. The molecule has 1 N–H and O–H groups in total. The molecule has 3 rings (SSSR count). The van der Waals surface area contributed by atoms with Crippen molar-refractivity contribution < 1.29 is 4.79 Å². The summed E-state index contributed by atoms with van der Waals surface area (Å²) in [6, 6.07) is 4.32. The van der Waals surface area contributed by atoms with Gasteiger partial charge in [0.1, 0.15) is 0 Å². The highest BCUT2D eigenvalue weighted by atomic mass is 32.1. The van der Waals surface area contributed by atoms with Gasteiger partial charge in [-0.05, 0) is 37.0 Å². The van der Waals surface area contributed by atoms with Crippen LogP contribution in [0.15, 0.2) is 18.2 Å². The molecule has 1 amide bonds. The van der Waals surface area contributed by atoms with Crippen molar-refractivity contribution in [2.75, 3.05) is 6.54 Å². The number of fused-ring (bicyclic) bond motifs is 3. The number of aromatic nitrogens is 1. The number of hydrogen-bond donors (Lipinski definition) is 1. The largest absolute Gasteiger partial charge is 0.353 e. The maximum Gasteiger partial charge on any atom is 0.219 e. The highest BCUT2D eigenvalue weighted by Gasteiger charge is 2.20. The van der Waals surface area contributed by atoms with Gasteiger partial charge in [0.2, 0.25) is 5.91 Å². The number of amides is 1. The number of nitrogens with zero attached hydrogens (tertiary/aromatic N) is 1. The Hall–Kier alpha value is -1.68. The monoisotopic (exact) mass is 286 g/mol. The number of benzene rings is 1. The third kappa shape index (κ3) is 2.36. The zero-order chi connectivity index (χ0) is 14.1. The van der Waals surface area contributed by atoms with Crippen molar-refractivity contribution >= 4 is 33.0 Å². The molecular weight excluding hydrogens is 268 g/mol. The average molecular weight is 286 g/mol. The third-order valence-corrected chi connectivity index (χ3v) is 4.71. The molecule has 1 aromatic heterocycles. The summed E-state index contributed by atoms with van der Waals surface area (Å²) in [6.07, 6.45) is 4.86. The maximum absolute atomic E-state index is 11.3. The van der Waals surface area contributed by atoms with Crippen LogP contribution < -0.4 is 5.32 Å². The van der Waals surface area contributed by atoms with Crippen molar-refractivity contribution in [3.05, 3.63) is 34.3 Å². The fourth-order valence-corrected chi connectivity index (χ4v) is 3.74. The van der Waals surface area contributed by atoms with Crippen LogP contribution in [0.3, 0.4) is 0 Å². The second kappa shape index (κ2) is 5.37. The standard InChI is InChI=1S/C16H18N2OS/c1-3-14(19)17-9-8-12-5-4-11-6-7-13-16(15(11)12)20-10(2)18-13/h6-8H,3-5,9H2,1-2H3,(H,17,19). The lowest BCUT2D eigenvalue weighted by Gasteiger charge is -2.04. The van der Waals surface area contributed by atoms with E-state index < -0.39 is 0 Å². The SMILES string of the molecule is CCC(=O)NCC=C1CCc2ccc3nc(C)sc3c21. The molecule has 3 nitrogen and oxygen atoms in total. The van der Waals surface area contributed by atoms with Gasteiger partial charge in [0.15, 0.2) is 0 Å². The van der Waals surface area contributed by atoms with Crippen molar-refractivity contribution in [1.82, 2.24) is 10.3 Å². The van der Waals surface area contributed by atoms with E-state index in [4.69, 9.17) is 0 Å². The molecule has 20 heavy (non-hydrogen) atoms. The summed E-state index contributed by atoms with van der Waals surface area (Å²) in [5, 5.41) is 4.03. The Morgan fingerprint density at radius 1 is 1.45 bits per heavy atom. The minimum absolute atomic E-state index is 0.104. The molecule has 0 saturated carbocycles. The van der Waals surface area contributed by atoms with Gasteiger partial charge in [0, 0.05) is 18.5 Å². The Bertz CT molecular complexity index is 700. The number of aryl methyl sites for hydroxylation is 2. The van der Waals surface area contributed by atoms with E-state index in [1.165, 1.54) is 21.4 Å². The lowest BCUT2D eigenvalue weighted by atomic mass is 10.1. The Morgan fingerprint density at radius 3 is 3.10 bits per heavy atom. The van der Waals surface area contributed by atoms with Crippen LogP contribution in [0, 0.1) is 6.92 Å². The Labute approximate surface area is 122 Å². The molecule has 104 valence electrons. The molecule has 1 aliphatic rings. The lowest BCUT2D eigenvalue weighted by Crippen LogP contribution is -2.22. The van der Waals surface area contributed by atoms with Crippen LogP contribution in [0.1, 0.15) is 35.9 Å². The number of carbonyl (C=O) groups excluding carboxylic acids is 1. The predicted octanol–water partition coefficient (Wildman–Crippen LogP) is 3.46. The smallest absolute Gasteiger partial charge is 0.219 e. The minimum atomic E-state index is 0.104. The van der Waals surface area contributed by atoms with Crippen LogP contribution in [0.5, 0.6) is 0 Å². The molecule has 2 aromatic rings. The quantitative estimate of drug-likeness (QED) is 0.939. The molecule has 0 atom stereocenters. The first-order chi connectivity index (χ1) is 9.69. The predicted molar refractivity (Wildman–Crippen MR) is 84.0 cm³/mol. The van der Waals surface area contributed by atoms with E-state index in [1.807, 2.05) is 6.92 Å². The molecule has 0 bridgehead atoms. The highest BCUT2D eigenvalue weighted by molar-refractivity contribution is 7.18. The van der Waals surface area contributed by atoms with Crippen molar-refractivity contribution in [3.8, 4) is 0 Å². The van der Waals surface area contributed by atoms with Gasteiger partial charge in [0.25, 0.3) is 0 Å². The minimum Gasteiger partial charge on any atom is -0.353 e. The molecule has 0 aliphatic heterocycles. The van der Waals surface area contributed by atoms with Crippen LogP contribution in [0.25, 0.3) is 15.8 Å². The molecule has 0 saturated heterocycles. The van der Waals surface area contributed by atoms with Gasteiger partial charge in [-0.2, -0.15) is 0 Å². The summed E-state index contributed by atoms with van der Waals surface area (Å²) in [6.45, 7) is 4.55. The first-order valence-corrected chi connectivity index (χ1v) is 7.86. The number of hydrogen-bond acceptors (Lipinski definition) is 3. The van der Waals surface area contributed by atoms with Crippen LogP contribution in [-0.2, 0) is 11.2 Å². The van der Waals surface area contributed by atoms with E-state index in [9.17, 15) is 4.79 Å². The third-order valence-electron chi connectivity index (χ3n) is 3.70. The molecule has 1 aromatic carbocycles. The van der Waals surface area contributed by atoms with Gasteiger partial charge >= 0.3 is 0 Å². The normalized spacial score (nSPS) is 15.8. The van der Waals surface area contributed by atoms with Crippen LogP contribution in [0.4, 0.5) is 0 Å². The van der Waals surface area contributed by atoms with Crippen molar-refractivity contribution in [1.29, 1.82) is 0 Å². The van der Waals surface area contributed by atoms with Gasteiger partial charge < -0.3 is 5.32 Å². The molecule has 0 radical (unpaired) electrons. The van der Waals surface area contributed by atoms with Gasteiger partial charge in [-0.1, -0.05) is 19.1 Å². The Balaban J connectivity index is 1.94. The topological polar surface area (TPSA) is 42.0 Å². The molecule has 4 heteroatoms. The number of carbonyl (C=O) groups is 1. The van der Waals surface area contributed by atoms with Gasteiger partial charge in [-0.3, -0.25) is 4.79 Å². The van der Waals surface area contributed by atoms with Crippen molar-refractivity contribution in [2.24, 2.45) is 0 Å². The molecule has 1 heterocycles. The second-order valence-corrected chi connectivity index (χ2v) is 6.27. The summed E-state index contributed by atoms with van der Waals surface area (Å²) in [5.41, 5.74) is 5.22. The van der Waals surface area contributed by atoms with E-state index in [-0.39, 0.29) is 5.91 Å². The fourth-order valence-electron chi connectivity index (χ4n) is 2.72. The van der Waals surface area contributed by atoms with Crippen LogP contribution in [-0.4, -0.2) is 17.4 Å². The number of rotatable bonds is 3. The Kier molecular flexibility index (Phi) is 3.57. The molecular formula is C16H18N2OS. The number of thiazole rings is 1. The summed E-state index contributed by atoms with van der Waals surface area (Å²) in [5.74, 6) is 0.104. The van der Waals surface area contributed by atoms with E-state index >= 15 is 0 Å². The lowest BCUT2D eigenvalue weighted by molar-refractivity contribution is -0.120. The van der Waals surface area contributed by atoms with E-state index in [0.29, 0.717) is 13.0 Å². The molecule has 1 aliphatic carbocycles. The van der Waals surface area contributed by atoms with Crippen LogP contribution in [0.2, 0.25) is 0 Å². The first kappa shape index (κ1) is 13.3. The van der Waals surface area contributed by atoms with E-state index in [0.717, 1.165) is 23.4 Å². The summed E-state index contributed by atoms with van der Waals surface area (Å²) < 4.78 is 1.30. The van der Waals surface area contributed by atoms with Gasteiger partial charge in [-0.15, -0.1) is 11.3 Å². The number of allylic oxidation sites excluding steroid dienone is 1. The number of nitrogens with one attached hydrogen (secondary N) is 1. The summed E-state index contributed by atoms with van der Waals surface area (Å²) in [7, 11) is 0. The first-order valence-electron chi connectivity index (χ1n) is 7.04. The van der Waals surface area contributed by atoms with Gasteiger partial charge in [-0.25, -0.2) is 4.98 Å². The zero-order valence-corrected chi connectivity index (χ0v) is 12.6. The summed E-state index contributed by atoms with van der Waals surface area (Å²) in [4.78, 5) is 15.9. The second-order valence-electron chi connectivity index (χ2n) is 5.07. The van der Waals surface area contributed by atoms with E-state index in [1.54, 1.807) is 11.3 Å². The fraction of sp³-hybridized carbons (Fsp3) is 0.375.